The Morgan fingerprint density at radius 2 is 1.62 bits per heavy atom. The Kier molecular flexibility index (Phi) is 4.93. The van der Waals surface area contributed by atoms with Crippen molar-refractivity contribution in [3.63, 3.8) is 0 Å². The molecule has 0 bridgehead atoms. The van der Waals surface area contributed by atoms with Gasteiger partial charge in [-0.15, -0.1) is 0 Å². The van der Waals surface area contributed by atoms with Crippen molar-refractivity contribution in [2.75, 3.05) is 13.1 Å². The number of hydrogen-bond acceptors (Lipinski definition) is 3. The van der Waals surface area contributed by atoms with Crippen molar-refractivity contribution in [2.45, 2.75) is 25.3 Å². The number of hydrogen-bond donors (Lipinski definition) is 1. The van der Waals surface area contributed by atoms with Crippen LogP contribution in [0.3, 0.4) is 0 Å². The van der Waals surface area contributed by atoms with Crippen LogP contribution in [0.5, 0.6) is 0 Å². The molecular formula is C22H23N3O. The van der Waals surface area contributed by atoms with Crippen molar-refractivity contribution >= 4 is 0 Å². The second-order valence-electron chi connectivity index (χ2n) is 6.91. The Morgan fingerprint density at radius 3 is 2.27 bits per heavy atom. The summed E-state index contributed by atoms with van der Waals surface area (Å²) < 4.78 is 0. The van der Waals surface area contributed by atoms with Gasteiger partial charge in [0.05, 0.1) is 5.56 Å². The van der Waals surface area contributed by atoms with Crippen molar-refractivity contribution < 1.29 is 0 Å². The van der Waals surface area contributed by atoms with Gasteiger partial charge in [0.1, 0.15) is 5.82 Å². The van der Waals surface area contributed by atoms with Crippen LogP contribution in [0.15, 0.2) is 71.7 Å². The molecule has 0 amide bonds. The lowest BCUT2D eigenvalue weighted by atomic mass is 9.95. The molecule has 4 nitrogen and oxygen atoms in total. The number of nitrogens with zero attached hydrogens (tertiary/aromatic N) is 2. The van der Waals surface area contributed by atoms with Crippen LogP contribution in [0.1, 0.15) is 30.1 Å². The van der Waals surface area contributed by atoms with E-state index in [1.165, 1.54) is 5.56 Å². The van der Waals surface area contributed by atoms with Crippen LogP contribution in [-0.2, 0) is 6.54 Å². The van der Waals surface area contributed by atoms with Gasteiger partial charge in [0.15, 0.2) is 0 Å². The van der Waals surface area contributed by atoms with Crippen molar-refractivity contribution in [3.8, 4) is 11.1 Å². The molecule has 26 heavy (non-hydrogen) atoms. The summed E-state index contributed by atoms with van der Waals surface area (Å²) in [6.45, 7) is 3.05. The summed E-state index contributed by atoms with van der Waals surface area (Å²) in [7, 11) is 0. The monoisotopic (exact) mass is 345 g/mol. The quantitative estimate of drug-likeness (QED) is 0.782. The maximum absolute atomic E-state index is 12.5. The Hall–Kier alpha value is -2.72. The maximum Gasteiger partial charge on any atom is 0.258 e. The molecule has 2 heterocycles. The van der Waals surface area contributed by atoms with Crippen LogP contribution < -0.4 is 5.56 Å². The van der Waals surface area contributed by atoms with Gasteiger partial charge in [-0.3, -0.25) is 9.69 Å². The second kappa shape index (κ2) is 7.67. The predicted molar refractivity (Wildman–Crippen MR) is 104 cm³/mol. The van der Waals surface area contributed by atoms with Gasteiger partial charge in [0.2, 0.25) is 0 Å². The minimum Gasteiger partial charge on any atom is -0.310 e. The van der Waals surface area contributed by atoms with Crippen molar-refractivity contribution in [3.05, 3.63) is 88.6 Å². The van der Waals surface area contributed by atoms with Gasteiger partial charge in [-0.05, 0) is 37.1 Å². The van der Waals surface area contributed by atoms with Crippen LogP contribution >= 0.6 is 0 Å². The molecule has 0 atom stereocenters. The first-order valence-electron chi connectivity index (χ1n) is 9.20. The molecule has 0 radical (unpaired) electrons. The van der Waals surface area contributed by atoms with E-state index in [0.717, 1.165) is 43.9 Å². The van der Waals surface area contributed by atoms with E-state index in [9.17, 15) is 4.79 Å². The SMILES string of the molecule is O=c1[nH]c(C2CCN(Cc3ccccc3)CC2)ncc1-c1ccccc1. The zero-order valence-corrected chi connectivity index (χ0v) is 14.8. The number of rotatable bonds is 4. The third-order valence-corrected chi connectivity index (χ3v) is 5.13. The lowest BCUT2D eigenvalue weighted by molar-refractivity contribution is 0.201. The van der Waals surface area contributed by atoms with E-state index >= 15 is 0 Å². The number of piperidine rings is 1. The first kappa shape index (κ1) is 16.7. The fraction of sp³-hybridized carbons (Fsp3) is 0.273. The topological polar surface area (TPSA) is 49.0 Å². The molecular weight excluding hydrogens is 322 g/mol. The van der Waals surface area contributed by atoms with Gasteiger partial charge < -0.3 is 4.98 Å². The van der Waals surface area contributed by atoms with Crippen LogP contribution in [0.4, 0.5) is 0 Å². The normalized spacial score (nSPS) is 15.8. The number of likely N-dealkylation sites (tertiary alicyclic amines) is 1. The number of H-pyrrole nitrogens is 1. The average molecular weight is 345 g/mol. The Balaban J connectivity index is 1.42. The molecule has 1 aliphatic rings. The molecule has 0 saturated carbocycles. The highest BCUT2D eigenvalue weighted by atomic mass is 16.1. The van der Waals surface area contributed by atoms with Crippen molar-refractivity contribution in [1.82, 2.24) is 14.9 Å². The summed E-state index contributed by atoms with van der Waals surface area (Å²) >= 11 is 0. The minimum absolute atomic E-state index is 0.0482. The third kappa shape index (κ3) is 3.75. The minimum atomic E-state index is -0.0482. The number of nitrogens with one attached hydrogen (secondary N) is 1. The highest BCUT2D eigenvalue weighted by Crippen LogP contribution is 2.26. The van der Waals surface area contributed by atoms with Crippen LogP contribution in [0, 0.1) is 0 Å². The Labute approximate surface area is 153 Å². The smallest absolute Gasteiger partial charge is 0.258 e. The molecule has 132 valence electrons. The van der Waals surface area contributed by atoms with Crippen LogP contribution in [0.2, 0.25) is 0 Å². The van der Waals surface area contributed by atoms with Crippen LogP contribution in [0.25, 0.3) is 11.1 Å². The maximum atomic E-state index is 12.5. The summed E-state index contributed by atoms with van der Waals surface area (Å²) in [6, 6.07) is 20.3. The molecule has 4 rings (SSSR count). The van der Waals surface area contributed by atoms with Gasteiger partial charge in [-0.2, -0.15) is 0 Å². The highest BCUT2D eigenvalue weighted by molar-refractivity contribution is 5.60. The molecule has 1 aromatic heterocycles. The first-order valence-corrected chi connectivity index (χ1v) is 9.20. The Bertz CT molecular complexity index is 897. The second-order valence-corrected chi connectivity index (χ2v) is 6.91. The fourth-order valence-corrected chi connectivity index (χ4v) is 3.65. The zero-order chi connectivity index (χ0) is 17.8. The first-order chi connectivity index (χ1) is 12.8. The standard InChI is InChI=1S/C22H23N3O/c26-22-20(18-9-5-2-6-10-18)15-23-21(24-22)19-11-13-25(14-12-19)16-17-7-3-1-4-8-17/h1-10,15,19H,11-14,16H2,(H,23,24,26). The molecule has 1 aliphatic heterocycles. The average Bonchev–Trinajstić information content (AvgIpc) is 2.70. The zero-order valence-electron chi connectivity index (χ0n) is 14.8. The number of aromatic amines is 1. The van der Waals surface area contributed by atoms with Gasteiger partial charge in [-0.25, -0.2) is 4.98 Å². The summed E-state index contributed by atoms with van der Waals surface area (Å²) in [5.41, 5.74) is 2.85. The van der Waals surface area contributed by atoms with Crippen molar-refractivity contribution in [2.24, 2.45) is 0 Å². The molecule has 1 fully saturated rings. The van der Waals surface area contributed by atoms with Crippen molar-refractivity contribution in [1.29, 1.82) is 0 Å². The molecule has 3 aromatic rings. The molecule has 0 unspecified atom stereocenters. The molecule has 2 aromatic carbocycles. The lowest BCUT2D eigenvalue weighted by Crippen LogP contribution is -2.33. The molecule has 1 saturated heterocycles. The number of aromatic nitrogens is 2. The fourth-order valence-electron chi connectivity index (χ4n) is 3.65. The predicted octanol–water partition coefficient (Wildman–Crippen LogP) is 3.82. The van der Waals surface area contributed by atoms with E-state index in [1.54, 1.807) is 6.20 Å². The number of benzene rings is 2. The highest BCUT2D eigenvalue weighted by Gasteiger charge is 2.22. The molecule has 0 aliphatic carbocycles. The van der Waals surface area contributed by atoms with Gasteiger partial charge >= 0.3 is 0 Å². The van der Waals surface area contributed by atoms with E-state index < -0.39 is 0 Å². The largest absolute Gasteiger partial charge is 0.310 e. The summed E-state index contributed by atoms with van der Waals surface area (Å²) in [4.78, 5) is 22.6. The molecule has 4 heteroatoms. The van der Waals surface area contributed by atoms with E-state index in [4.69, 9.17) is 0 Å². The summed E-state index contributed by atoms with van der Waals surface area (Å²) in [5, 5.41) is 0. The van der Waals surface area contributed by atoms with E-state index in [-0.39, 0.29) is 5.56 Å². The van der Waals surface area contributed by atoms with E-state index in [0.29, 0.717) is 11.5 Å². The van der Waals surface area contributed by atoms with Gasteiger partial charge in [0.25, 0.3) is 5.56 Å². The third-order valence-electron chi connectivity index (χ3n) is 5.13. The Morgan fingerprint density at radius 1 is 0.962 bits per heavy atom. The molecule has 0 spiro atoms. The van der Waals surface area contributed by atoms with E-state index in [1.807, 2.05) is 30.3 Å². The molecule has 1 N–H and O–H groups in total. The van der Waals surface area contributed by atoms with Gasteiger partial charge in [-0.1, -0.05) is 60.7 Å². The van der Waals surface area contributed by atoms with Gasteiger partial charge in [0, 0.05) is 18.7 Å². The lowest BCUT2D eigenvalue weighted by Gasteiger charge is -2.31. The summed E-state index contributed by atoms with van der Waals surface area (Å²) in [5.74, 6) is 1.16. The summed E-state index contributed by atoms with van der Waals surface area (Å²) in [6.07, 6.45) is 3.78. The van der Waals surface area contributed by atoms with E-state index in [2.05, 4.69) is 45.2 Å². The van der Waals surface area contributed by atoms with Crippen LogP contribution in [-0.4, -0.2) is 28.0 Å².